The van der Waals surface area contributed by atoms with Crippen LogP contribution in [0.15, 0.2) is 53.1 Å². The van der Waals surface area contributed by atoms with E-state index in [2.05, 4.69) is 15.1 Å². The number of halogens is 1. The van der Waals surface area contributed by atoms with Crippen molar-refractivity contribution in [3.63, 3.8) is 0 Å². The van der Waals surface area contributed by atoms with Crippen molar-refractivity contribution in [2.75, 3.05) is 7.11 Å². The molecule has 0 amide bonds. The minimum atomic E-state index is 0.415. The van der Waals surface area contributed by atoms with Crippen LogP contribution in [0.2, 0.25) is 5.02 Å². The number of rotatable bonds is 3. The molecule has 0 unspecified atom stereocenters. The van der Waals surface area contributed by atoms with Crippen LogP contribution in [-0.2, 0) is 0 Å². The highest BCUT2D eigenvalue weighted by molar-refractivity contribution is 6.30. The number of aromatic nitrogens is 3. The third-order valence-corrected chi connectivity index (χ3v) is 4.14. The van der Waals surface area contributed by atoms with E-state index >= 15 is 0 Å². The van der Waals surface area contributed by atoms with E-state index in [9.17, 15) is 0 Å². The van der Waals surface area contributed by atoms with E-state index in [0.717, 1.165) is 22.0 Å². The minimum Gasteiger partial charge on any atom is -0.480 e. The normalized spacial score (nSPS) is 11.0. The number of methoxy groups -OCH3 is 1. The van der Waals surface area contributed by atoms with Crippen LogP contribution in [0.25, 0.3) is 33.7 Å². The van der Waals surface area contributed by atoms with Gasteiger partial charge in [0.15, 0.2) is 0 Å². The van der Waals surface area contributed by atoms with Crippen LogP contribution in [0.5, 0.6) is 5.88 Å². The molecule has 0 saturated carbocycles. The predicted octanol–water partition coefficient (Wildman–Crippen LogP) is 4.92. The maximum atomic E-state index is 5.91. The summed E-state index contributed by atoms with van der Waals surface area (Å²) in [5, 5.41) is 5.72. The first-order valence-corrected chi connectivity index (χ1v) is 8.07. The van der Waals surface area contributed by atoms with Crippen LogP contribution in [0.3, 0.4) is 0 Å². The summed E-state index contributed by atoms with van der Waals surface area (Å²) in [6.45, 7) is 2.03. The summed E-state index contributed by atoms with van der Waals surface area (Å²) in [6, 6.07) is 15.2. The molecule has 4 rings (SSSR count). The Morgan fingerprint density at radius 1 is 1.00 bits per heavy atom. The fourth-order valence-electron chi connectivity index (χ4n) is 2.62. The second kappa shape index (κ2) is 6.18. The minimum absolute atomic E-state index is 0.415. The lowest BCUT2D eigenvalue weighted by Crippen LogP contribution is -1.94. The van der Waals surface area contributed by atoms with E-state index in [0.29, 0.717) is 28.2 Å². The highest BCUT2D eigenvalue weighted by Crippen LogP contribution is 2.31. The zero-order valence-electron chi connectivity index (χ0n) is 13.7. The van der Waals surface area contributed by atoms with Crippen LogP contribution in [0.1, 0.15) is 5.56 Å². The van der Waals surface area contributed by atoms with Crippen LogP contribution in [0, 0.1) is 6.92 Å². The molecule has 2 aromatic carbocycles. The van der Waals surface area contributed by atoms with Crippen molar-refractivity contribution < 1.29 is 9.26 Å². The number of pyridine rings is 1. The van der Waals surface area contributed by atoms with Crippen molar-refractivity contribution >= 4 is 22.5 Å². The number of aryl methyl sites for hydroxylation is 1. The zero-order chi connectivity index (χ0) is 17.4. The number of fused-ring (bicyclic) bond motifs is 1. The number of nitrogens with zero attached hydrogens (tertiary/aromatic N) is 3. The molecule has 0 aliphatic rings. The molecule has 124 valence electrons. The highest BCUT2D eigenvalue weighted by Gasteiger charge is 2.17. The molecular weight excluding hydrogens is 338 g/mol. The molecule has 0 aliphatic carbocycles. The van der Waals surface area contributed by atoms with Crippen LogP contribution in [-0.4, -0.2) is 22.2 Å². The summed E-state index contributed by atoms with van der Waals surface area (Å²) in [7, 11) is 1.58. The van der Waals surface area contributed by atoms with Gasteiger partial charge in [0.1, 0.15) is 0 Å². The molecule has 0 N–H and O–H groups in total. The van der Waals surface area contributed by atoms with Gasteiger partial charge < -0.3 is 9.26 Å². The summed E-state index contributed by atoms with van der Waals surface area (Å²) in [5.41, 5.74) is 3.48. The number of hydrogen-bond acceptors (Lipinski definition) is 5. The van der Waals surface area contributed by atoms with Gasteiger partial charge in [-0.2, -0.15) is 4.98 Å². The monoisotopic (exact) mass is 351 g/mol. The first-order chi connectivity index (χ1) is 12.1. The maximum absolute atomic E-state index is 5.91. The van der Waals surface area contributed by atoms with Crippen molar-refractivity contribution in [3.8, 4) is 28.7 Å². The van der Waals surface area contributed by atoms with Crippen LogP contribution < -0.4 is 4.74 Å². The summed E-state index contributed by atoms with van der Waals surface area (Å²) in [5.74, 6) is 1.30. The van der Waals surface area contributed by atoms with Gasteiger partial charge in [-0.3, -0.25) is 0 Å². The fourth-order valence-corrected chi connectivity index (χ4v) is 2.74. The Morgan fingerprint density at radius 2 is 1.80 bits per heavy atom. The van der Waals surface area contributed by atoms with E-state index in [4.69, 9.17) is 20.9 Å². The van der Waals surface area contributed by atoms with Gasteiger partial charge in [-0.05, 0) is 48.9 Å². The molecular formula is C19H14ClN3O2. The third-order valence-electron chi connectivity index (χ3n) is 3.89. The predicted molar refractivity (Wildman–Crippen MR) is 96.8 cm³/mol. The van der Waals surface area contributed by atoms with Gasteiger partial charge in [-0.15, -0.1) is 0 Å². The molecule has 6 heteroatoms. The lowest BCUT2D eigenvalue weighted by atomic mass is 10.1. The maximum Gasteiger partial charge on any atom is 0.258 e. The molecule has 0 spiro atoms. The Balaban J connectivity index is 1.81. The van der Waals surface area contributed by atoms with Crippen molar-refractivity contribution in [2.45, 2.75) is 6.92 Å². The second-order valence-corrected chi connectivity index (χ2v) is 6.11. The summed E-state index contributed by atoms with van der Waals surface area (Å²) in [6.07, 6.45) is 0. The third kappa shape index (κ3) is 2.94. The van der Waals surface area contributed by atoms with E-state index < -0.39 is 0 Å². The van der Waals surface area contributed by atoms with Gasteiger partial charge in [0.05, 0.1) is 18.2 Å². The van der Waals surface area contributed by atoms with Gasteiger partial charge in [0.25, 0.3) is 5.89 Å². The van der Waals surface area contributed by atoms with Gasteiger partial charge in [0, 0.05) is 16.0 Å². The van der Waals surface area contributed by atoms with Crippen molar-refractivity contribution in [2.24, 2.45) is 0 Å². The number of hydrogen-bond donors (Lipinski definition) is 0. The van der Waals surface area contributed by atoms with E-state index in [1.165, 1.54) is 0 Å². The molecule has 0 bridgehead atoms. The Bertz CT molecular complexity index is 1060. The topological polar surface area (TPSA) is 61.0 Å². The highest BCUT2D eigenvalue weighted by atomic mass is 35.5. The van der Waals surface area contributed by atoms with Gasteiger partial charge in [-0.1, -0.05) is 28.9 Å². The Kier molecular flexibility index (Phi) is 3.86. The van der Waals surface area contributed by atoms with E-state index in [-0.39, 0.29) is 0 Å². The first-order valence-electron chi connectivity index (χ1n) is 7.69. The zero-order valence-corrected chi connectivity index (χ0v) is 14.4. The average Bonchev–Trinajstić information content (AvgIpc) is 3.11. The van der Waals surface area contributed by atoms with Gasteiger partial charge in [-0.25, -0.2) is 4.98 Å². The molecule has 0 atom stereocenters. The quantitative estimate of drug-likeness (QED) is 0.524. The molecule has 2 aromatic heterocycles. The molecule has 0 fully saturated rings. The molecule has 25 heavy (non-hydrogen) atoms. The largest absolute Gasteiger partial charge is 0.480 e. The second-order valence-electron chi connectivity index (χ2n) is 5.67. The fraction of sp³-hybridized carbons (Fsp3) is 0.105. The lowest BCUT2D eigenvalue weighted by Gasteiger charge is -2.07. The van der Waals surface area contributed by atoms with Crippen molar-refractivity contribution in [1.29, 1.82) is 0 Å². The molecule has 2 heterocycles. The van der Waals surface area contributed by atoms with E-state index in [1.54, 1.807) is 19.2 Å². The summed E-state index contributed by atoms with van der Waals surface area (Å²) < 4.78 is 10.8. The lowest BCUT2D eigenvalue weighted by molar-refractivity contribution is 0.399. The molecule has 5 nitrogen and oxygen atoms in total. The van der Waals surface area contributed by atoms with Gasteiger partial charge >= 0.3 is 0 Å². The number of benzene rings is 2. The Labute approximate surface area is 149 Å². The molecule has 0 aliphatic heterocycles. The van der Waals surface area contributed by atoms with E-state index in [1.807, 2.05) is 43.3 Å². The Hall–Kier alpha value is -2.92. The van der Waals surface area contributed by atoms with Gasteiger partial charge in [0.2, 0.25) is 11.7 Å². The summed E-state index contributed by atoms with van der Waals surface area (Å²) >= 11 is 5.91. The standard InChI is InChI=1S/C19H14ClN3O2/c1-11-3-4-13-10-15(19(24-2)21-16(13)9-11)17-22-18(25-23-17)12-5-7-14(20)8-6-12/h3-10H,1-2H3. The molecule has 0 radical (unpaired) electrons. The summed E-state index contributed by atoms with van der Waals surface area (Å²) in [4.78, 5) is 9.04. The Morgan fingerprint density at radius 3 is 2.56 bits per heavy atom. The van der Waals surface area contributed by atoms with Crippen molar-refractivity contribution in [1.82, 2.24) is 15.1 Å². The van der Waals surface area contributed by atoms with Crippen molar-refractivity contribution in [3.05, 3.63) is 59.1 Å². The smallest absolute Gasteiger partial charge is 0.258 e. The molecule has 4 aromatic rings. The number of ether oxygens (including phenoxy) is 1. The first kappa shape index (κ1) is 15.6. The molecule has 0 saturated heterocycles. The SMILES string of the molecule is COc1nc2cc(C)ccc2cc1-c1noc(-c2ccc(Cl)cc2)n1. The average molecular weight is 352 g/mol. The van der Waals surface area contributed by atoms with Crippen LogP contribution in [0.4, 0.5) is 0 Å². The van der Waals surface area contributed by atoms with Crippen LogP contribution >= 0.6 is 11.6 Å².